The monoisotopic (exact) mass is 187 g/mol. The highest BCUT2D eigenvalue weighted by atomic mass is 35.5. The Hall–Kier alpha value is -0.500. The predicted octanol–water partition coefficient (Wildman–Crippen LogP) is 1.70. The Morgan fingerprint density at radius 1 is 1.75 bits per heavy atom. The molecule has 2 unspecified atom stereocenters. The molecule has 68 valence electrons. The number of alkyl halides is 1. The quantitative estimate of drug-likeness (QED) is 0.407. The third kappa shape index (κ3) is 2.52. The first-order valence-corrected chi connectivity index (χ1v) is 4.65. The van der Waals surface area contributed by atoms with Gasteiger partial charge in [-0.2, -0.15) is 0 Å². The molecule has 2 nitrogen and oxygen atoms in total. The molecule has 2 atom stereocenters. The first-order valence-electron chi connectivity index (χ1n) is 4.21. The molecule has 1 amide bonds. The highest BCUT2D eigenvalue weighted by Gasteiger charge is 2.24. The number of halogens is 1. The van der Waals surface area contributed by atoms with Gasteiger partial charge in [0.1, 0.15) is 0 Å². The Bertz CT molecular complexity index is 179. The normalized spacial score (nSPS) is 29.9. The molecule has 3 heteroatoms. The Morgan fingerprint density at radius 3 is 3.08 bits per heavy atom. The van der Waals surface area contributed by atoms with Crippen molar-refractivity contribution in [2.75, 3.05) is 6.54 Å². The van der Waals surface area contributed by atoms with Crippen molar-refractivity contribution in [3.05, 3.63) is 12.2 Å². The fourth-order valence-corrected chi connectivity index (χ4v) is 1.98. The zero-order valence-corrected chi connectivity index (χ0v) is 7.81. The van der Waals surface area contributed by atoms with E-state index in [9.17, 15) is 4.79 Å². The third-order valence-electron chi connectivity index (χ3n) is 2.33. The molecule has 0 spiro atoms. The minimum absolute atomic E-state index is 0.152. The van der Waals surface area contributed by atoms with Crippen LogP contribution in [-0.4, -0.2) is 18.3 Å². The number of rotatable bonds is 3. The van der Waals surface area contributed by atoms with E-state index in [0.717, 1.165) is 25.7 Å². The van der Waals surface area contributed by atoms with Crippen molar-refractivity contribution >= 4 is 18.0 Å². The zero-order valence-electron chi connectivity index (χ0n) is 7.05. The fraction of sp³-hybridized carbons (Fsp3) is 0.667. The maximum Gasteiger partial charge on any atom is 0.207 e. The maximum atomic E-state index is 10.0. The Morgan fingerprint density at radius 2 is 2.50 bits per heavy atom. The van der Waals surface area contributed by atoms with Crippen molar-refractivity contribution < 1.29 is 4.79 Å². The number of amides is 1. The van der Waals surface area contributed by atoms with Gasteiger partial charge in [-0.15, -0.1) is 11.6 Å². The van der Waals surface area contributed by atoms with Crippen LogP contribution in [-0.2, 0) is 4.79 Å². The highest BCUT2D eigenvalue weighted by molar-refractivity contribution is 6.21. The van der Waals surface area contributed by atoms with E-state index in [0.29, 0.717) is 12.5 Å². The number of nitrogens with one attached hydrogen (secondary N) is 1. The minimum Gasteiger partial charge on any atom is -0.358 e. The van der Waals surface area contributed by atoms with Crippen LogP contribution in [0, 0.1) is 5.92 Å². The molecular weight excluding hydrogens is 174 g/mol. The first kappa shape index (κ1) is 9.59. The molecule has 1 N–H and O–H groups in total. The van der Waals surface area contributed by atoms with E-state index in [1.54, 1.807) is 0 Å². The predicted molar refractivity (Wildman–Crippen MR) is 50.2 cm³/mol. The molecule has 1 fully saturated rings. The second kappa shape index (κ2) is 4.51. The topological polar surface area (TPSA) is 29.1 Å². The standard InChI is InChI=1S/C9H14ClNO/c1-7-2-3-8(5-11-6-12)9(10)4-7/h6,8-9H,1-5H2,(H,11,12). The number of carbonyl (C=O) groups is 1. The van der Waals surface area contributed by atoms with Gasteiger partial charge >= 0.3 is 0 Å². The van der Waals surface area contributed by atoms with Gasteiger partial charge in [0.2, 0.25) is 6.41 Å². The molecule has 0 radical (unpaired) electrons. The number of allylic oxidation sites excluding steroid dienone is 1. The molecule has 1 rings (SSSR count). The smallest absolute Gasteiger partial charge is 0.207 e. The maximum absolute atomic E-state index is 10.0. The van der Waals surface area contributed by atoms with Crippen molar-refractivity contribution in [1.82, 2.24) is 5.32 Å². The van der Waals surface area contributed by atoms with Gasteiger partial charge in [-0.05, 0) is 25.2 Å². The van der Waals surface area contributed by atoms with E-state index in [2.05, 4.69) is 11.9 Å². The van der Waals surface area contributed by atoms with Crippen LogP contribution < -0.4 is 5.32 Å². The van der Waals surface area contributed by atoms with Crippen LogP contribution in [0.25, 0.3) is 0 Å². The van der Waals surface area contributed by atoms with Gasteiger partial charge in [0, 0.05) is 11.9 Å². The van der Waals surface area contributed by atoms with Crippen LogP contribution in [0.5, 0.6) is 0 Å². The van der Waals surface area contributed by atoms with Crippen molar-refractivity contribution in [2.45, 2.75) is 24.6 Å². The van der Waals surface area contributed by atoms with Gasteiger partial charge in [0.15, 0.2) is 0 Å². The molecule has 1 aliphatic carbocycles. The second-order valence-corrected chi connectivity index (χ2v) is 3.86. The van der Waals surface area contributed by atoms with E-state index in [-0.39, 0.29) is 5.38 Å². The molecule has 0 aliphatic heterocycles. The lowest BCUT2D eigenvalue weighted by atomic mass is 9.86. The van der Waals surface area contributed by atoms with E-state index in [1.165, 1.54) is 5.57 Å². The van der Waals surface area contributed by atoms with Gasteiger partial charge in [-0.1, -0.05) is 12.2 Å². The lowest BCUT2D eigenvalue weighted by Crippen LogP contribution is -2.30. The van der Waals surface area contributed by atoms with Crippen LogP contribution in [0.2, 0.25) is 0 Å². The molecule has 0 heterocycles. The van der Waals surface area contributed by atoms with Crippen LogP contribution in [0.1, 0.15) is 19.3 Å². The fourth-order valence-electron chi connectivity index (χ4n) is 1.54. The summed E-state index contributed by atoms with van der Waals surface area (Å²) in [5, 5.41) is 2.82. The summed E-state index contributed by atoms with van der Waals surface area (Å²) in [6, 6.07) is 0. The molecule has 1 aliphatic rings. The molecule has 0 aromatic carbocycles. The van der Waals surface area contributed by atoms with Gasteiger partial charge in [0.05, 0.1) is 0 Å². The summed E-state index contributed by atoms with van der Waals surface area (Å²) in [5.41, 5.74) is 1.23. The van der Waals surface area contributed by atoms with Crippen LogP contribution in [0.4, 0.5) is 0 Å². The summed E-state index contributed by atoms with van der Waals surface area (Å²) in [6.07, 6.45) is 3.72. The average molecular weight is 188 g/mol. The van der Waals surface area contributed by atoms with Crippen LogP contribution >= 0.6 is 11.6 Å². The largest absolute Gasteiger partial charge is 0.358 e. The van der Waals surface area contributed by atoms with Gasteiger partial charge < -0.3 is 5.32 Å². The van der Waals surface area contributed by atoms with Gasteiger partial charge in [-0.3, -0.25) is 4.79 Å². The lowest BCUT2D eigenvalue weighted by molar-refractivity contribution is -0.109. The number of hydrogen-bond acceptors (Lipinski definition) is 1. The first-order chi connectivity index (χ1) is 5.74. The van der Waals surface area contributed by atoms with E-state index in [4.69, 9.17) is 11.6 Å². The Kier molecular flexibility index (Phi) is 3.60. The zero-order chi connectivity index (χ0) is 8.97. The highest BCUT2D eigenvalue weighted by Crippen LogP contribution is 2.30. The van der Waals surface area contributed by atoms with E-state index in [1.807, 2.05) is 0 Å². The summed E-state index contributed by atoms with van der Waals surface area (Å²) >= 11 is 6.10. The summed E-state index contributed by atoms with van der Waals surface area (Å²) in [6.45, 7) is 4.60. The summed E-state index contributed by atoms with van der Waals surface area (Å²) in [4.78, 5) is 10.0. The number of carbonyl (C=O) groups excluding carboxylic acids is 1. The second-order valence-electron chi connectivity index (χ2n) is 3.29. The van der Waals surface area contributed by atoms with Crippen LogP contribution in [0.3, 0.4) is 0 Å². The van der Waals surface area contributed by atoms with Gasteiger partial charge in [0.25, 0.3) is 0 Å². The SMILES string of the molecule is C=C1CCC(CNC=O)C(Cl)C1. The van der Waals surface area contributed by atoms with Crippen molar-refractivity contribution in [3.63, 3.8) is 0 Å². The Labute approximate surface area is 78.0 Å². The van der Waals surface area contributed by atoms with Crippen LogP contribution in [0.15, 0.2) is 12.2 Å². The third-order valence-corrected chi connectivity index (χ3v) is 2.84. The Balaban J connectivity index is 2.34. The molecule has 0 aromatic rings. The van der Waals surface area contributed by atoms with E-state index >= 15 is 0 Å². The van der Waals surface area contributed by atoms with Crippen molar-refractivity contribution in [2.24, 2.45) is 5.92 Å². The van der Waals surface area contributed by atoms with Crippen molar-refractivity contribution in [3.8, 4) is 0 Å². The summed E-state index contributed by atoms with van der Waals surface area (Å²) in [5.74, 6) is 0.419. The van der Waals surface area contributed by atoms with E-state index < -0.39 is 0 Å². The summed E-state index contributed by atoms with van der Waals surface area (Å²) in [7, 11) is 0. The molecule has 12 heavy (non-hydrogen) atoms. The number of hydrogen-bond donors (Lipinski definition) is 1. The van der Waals surface area contributed by atoms with Gasteiger partial charge in [-0.25, -0.2) is 0 Å². The van der Waals surface area contributed by atoms with Crippen molar-refractivity contribution in [1.29, 1.82) is 0 Å². The molecule has 1 saturated carbocycles. The lowest BCUT2D eigenvalue weighted by Gasteiger charge is -2.27. The molecule has 0 bridgehead atoms. The minimum atomic E-state index is 0.152. The average Bonchev–Trinajstić information content (AvgIpc) is 2.03. The molecular formula is C9H14ClNO. The molecule has 0 aromatic heterocycles. The molecule has 0 saturated heterocycles. The summed E-state index contributed by atoms with van der Waals surface area (Å²) < 4.78 is 0.